The Labute approximate surface area is 203 Å². The van der Waals surface area contributed by atoms with E-state index in [4.69, 9.17) is 9.47 Å². The van der Waals surface area contributed by atoms with Crippen molar-refractivity contribution in [3.05, 3.63) is 64.1 Å². The number of rotatable bonds is 6. The summed E-state index contributed by atoms with van der Waals surface area (Å²) in [5, 5.41) is 5.56. The number of aromatic nitrogens is 2. The van der Waals surface area contributed by atoms with E-state index in [1.165, 1.54) is 4.68 Å². The molecule has 8 heteroatoms. The van der Waals surface area contributed by atoms with Crippen LogP contribution in [0.4, 0.5) is 0 Å². The Morgan fingerprint density at radius 1 is 1.00 bits per heavy atom. The van der Waals surface area contributed by atoms with Gasteiger partial charge in [0.15, 0.2) is 23.0 Å². The third-order valence-electron chi connectivity index (χ3n) is 6.77. The van der Waals surface area contributed by atoms with Crippen LogP contribution in [0.3, 0.4) is 0 Å². The zero-order chi connectivity index (χ0) is 24.4. The molecule has 0 saturated carbocycles. The molecule has 2 aliphatic rings. The van der Waals surface area contributed by atoms with E-state index >= 15 is 0 Å². The Morgan fingerprint density at radius 2 is 1.71 bits per heavy atom. The summed E-state index contributed by atoms with van der Waals surface area (Å²) in [4.78, 5) is 41.2. The molecule has 1 aromatic heterocycles. The summed E-state index contributed by atoms with van der Waals surface area (Å²) in [5.41, 5.74) is 0.733. The summed E-state index contributed by atoms with van der Waals surface area (Å²) in [5.74, 6) is 0.964. The molecule has 0 unspecified atom stereocenters. The fraction of sp³-hybridized carbons (Fsp3) is 0.407. The van der Waals surface area contributed by atoms with Crippen molar-refractivity contribution in [2.24, 2.45) is 5.92 Å². The quantitative estimate of drug-likeness (QED) is 0.505. The number of likely N-dealkylation sites (tertiary alicyclic amines) is 1. The van der Waals surface area contributed by atoms with Crippen LogP contribution in [0, 0.1) is 5.92 Å². The summed E-state index contributed by atoms with van der Waals surface area (Å²) in [6.45, 7) is 4.43. The number of amides is 1. The molecule has 0 aliphatic carbocycles. The first-order valence-corrected chi connectivity index (χ1v) is 12.3. The van der Waals surface area contributed by atoms with E-state index in [1.807, 2.05) is 6.07 Å². The standard InChI is InChI=1S/C27H29N3O5/c1-2-3-12-30-26(32)21-7-5-4-6-20(21)24(28-30)27(33)29-13-10-18(11-14-29)25(31)19-8-9-22-23(17-19)35-16-15-34-22/h4-9,17-18H,2-3,10-16H2,1H3. The van der Waals surface area contributed by atoms with E-state index in [9.17, 15) is 14.4 Å². The van der Waals surface area contributed by atoms with Gasteiger partial charge in [-0.3, -0.25) is 14.4 Å². The molecule has 1 fully saturated rings. The van der Waals surface area contributed by atoms with Gasteiger partial charge in [0.2, 0.25) is 0 Å². The molecule has 35 heavy (non-hydrogen) atoms. The molecule has 0 bridgehead atoms. The summed E-state index contributed by atoms with van der Waals surface area (Å²) < 4.78 is 12.6. The zero-order valence-corrected chi connectivity index (χ0v) is 19.9. The predicted molar refractivity (Wildman–Crippen MR) is 131 cm³/mol. The third kappa shape index (κ3) is 4.52. The Morgan fingerprint density at radius 3 is 2.46 bits per heavy atom. The maximum Gasteiger partial charge on any atom is 0.274 e. The molecule has 5 rings (SSSR count). The van der Waals surface area contributed by atoms with Gasteiger partial charge >= 0.3 is 0 Å². The molecule has 0 N–H and O–H groups in total. The second-order valence-electron chi connectivity index (χ2n) is 9.07. The molecule has 0 atom stereocenters. The number of hydrogen-bond acceptors (Lipinski definition) is 6. The first kappa shape index (κ1) is 23.1. The number of carbonyl (C=O) groups excluding carboxylic acids is 2. The smallest absolute Gasteiger partial charge is 0.274 e. The van der Waals surface area contributed by atoms with Crippen molar-refractivity contribution in [2.45, 2.75) is 39.2 Å². The summed E-state index contributed by atoms with van der Waals surface area (Å²) in [7, 11) is 0. The second-order valence-corrected chi connectivity index (χ2v) is 9.07. The molecule has 2 aromatic carbocycles. The van der Waals surface area contributed by atoms with Crippen molar-refractivity contribution in [3.63, 3.8) is 0 Å². The van der Waals surface area contributed by atoms with Crippen molar-refractivity contribution in [3.8, 4) is 11.5 Å². The lowest BCUT2D eigenvalue weighted by molar-refractivity contribution is 0.0645. The van der Waals surface area contributed by atoms with Gasteiger partial charge in [-0.15, -0.1) is 0 Å². The lowest BCUT2D eigenvalue weighted by Gasteiger charge is -2.31. The highest BCUT2D eigenvalue weighted by Gasteiger charge is 2.30. The highest BCUT2D eigenvalue weighted by molar-refractivity contribution is 6.05. The predicted octanol–water partition coefficient (Wildman–Crippen LogP) is 3.70. The number of piperidine rings is 1. The van der Waals surface area contributed by atoms with Crippen LogP contribution in [0.25, 0.3) is 10.8 Å². The Bertz CT molecular complexity index is 1320. The third-order valence-corrected chi connectivity index (χ3v) is 6.77. The maximum absolute atomic E-state index is 13.5. The number of fused-ring (bicyclic) bond motifs is 2. The fourth-order valence-corrected chi connectivity index (χ4v) is 4.78. The van der Waals surface area contributed by atoms with Crippen LogP contribution < -0.4 is 15.0 Å². The van der Waals surface area contributed by atoms with Crippen molar-refractivity contribution >= 4 is 22.5 Å². The number of benzene rings is 2. The van der Waals surface area contributed by atoms with Gasteiger partial charge in [-0.25, -0.2) is 4.68 Å². The molecule has 3 heterocycles. The largest absolute Gasteiger partial charge is 0.486 e. The van der Waals surface area contributed by atoms with Gasteiger partial charge < -0.3 is 14.4 Å². The number of hydrogen-bond donors (Lipinski definition) is 0. The van der Waals surface area contributed by atoms with Crippen LogP contribution >= 0.6 is 0 Å². The number of ether oxygens (including phenoxy) is 2. The average Bonchev–Trinajstić information content (AvgIpc) is 2.92. The van der Waals surface area contributed by atoms with Crippen LogP contribution in [0.1, 0.15) is 53.5 Å². The highest BCUT2D eigenvalue weighted by Crippen LogP contribution is 2.33. The lowest BCUT2D eigenvalue weighted by atomic mass is 9.88. The first-order valence-electron chi connectivity index (χ1n) is 12.3. The van der Waals surface area contributed by atoms with Gasteiger partial charge in [0.1, 0.15) is 13.2 Å². The van der Waals surface area contributed by atoms with E-state index in [2.05, 4.69) is 12.0 Å². The Hall–Kier alpha value is -3.68. The first-order chi connectivity index (χ1) is 17.1. The van der Waals surface area contributed by atoms with Crippen molar-refractivity contribution < 1.29 is 19.1 Å². The molecule has 1 saturated heterocycles. The molecule has 2 aliphatic heterocycles. The summed E-state index contributed by atoms with van der Waals surface area (Å²) in [6, 6.07) is 12.5. The van der Waals surface area contributed by atoms with Crippen LogP contribution in [-0.2, 0) is 6.54 Å². The van der Waals surface area contributed by atoms with Gasteiger partial charge in [0.05, 0.1) is 5.39 Å². The number of Topliss-reactive ketones (excluding diaryl/α,β-unsaturated/α-hetero) is 1. The van der Waals surface area contributed by atoms with Gasteiger partial charge in [-0.2, -0.15) is 5.10 Å². The normalized spacial score (nSPS) is 15.9. The molecular weight excluding hydrogens is 446 g/mol. The number of carbonyl (C=O) groups is 2. The average molecular weight is 476 g/mol. The van der Waals surface area contributed by atoms with Gasteiger partial charge in [0.25, 0.3) is 11.5 Å². The Balaban J connectivity index is 1.32. The van der Waals surface area contributed by atoms with Crippen LogP contribution in [0.5, 0.6) is 11.5 Å². The van der Waals surface area contributed by atoms with Crippen LogP contribution in [0.15, 0.2) is 47.3 Å². The Kier molecular flexibility index (Phi) is 6.53. The molecule has 182 valence electrons. The van der Waals surface area contributed by atoms with Gasteiger partial charge in [0, 0.05) is 36.5 Å². The summed E-state index contributed by atoms with van der Waals surface area (Å²) in [6.07, 6.45) is 2.89. The molecule has 0 radical (unpaired) electrons. The molecule has 1 amide bonds. The molecular formula is C27H29N3O5. The van der Waals surface area contributed by atoms with E-state index < -0.39 is 0 Å². The van der Waals surface area contributed by atoms with Gasteiger partial charge in [-0.1, -0.05) is 31.5 Å². The molecule has 3 aromatic rings. The van der Waals surface area contributed by atoms with Crippen molar-refractivity contribution in [1.29, 1.82) is 0 Å². The zero-order valence-electron chi connectivity index (χ0n) is 19.9. The van der Waals surface area contributed by atoms with Gasteiger partial charge in [-0.05, 0) is 43.5 Å². The van der Waals surface area contributed by atoms with Crippen molar-refractivity contribution in [1.82, 2.24) is 14.7 Å². The van der Waals surface area contributed by atoms with E-state index in [0.717, 1.165) is 12.8 Å². The SMILES string of the molecule is CCCCn1nc(C(=O)N2CCC(C(=O)c3ccc4c(c3)OCCO4)CC2)c2ccccc2c1=O. The number of nitrogens with zero attached hydrogens (tertiary/aromatic N) is 3. The van der Waals surface area contributed by atoms with Crippen LogP contribution in [0.2, 0.25) is 0 Å². The van der Waals surface area contributed by atoms with E-state index in [-0.39, 0.29) is 23.2 Å². The minimum absolute atomic E-state index is 0.0609. The topological polar surface area (TPSA) is 90.7 Å². The highest BCUT2D eigenvalue weighted by atomic mass is 16.6. The second kappa shape index (κ2) is 9.90. The monoisotopic (exact) mass is 475 g/mol. The minimum atomic E-state index is -0.198. The number of aryl methyl sites for hydroxylation is 1. The molecule has 0 spiro atoms. The lowest BCUT2D eigenvalue weighted by Crippen LogP contribution is -2.41. The number of ketones is 1. The minimum Gasteiger partial charge on any atom is -0.486 e. The van der Waals surface area contributed by atoms with Crippen LogP contribution in [-0.4, -0.2) is 52.7 Å². The number of unbranched alkanes of at least 4 members (excludes halogenated alkanes) is 1. The van der Waals surface area contributed by atoms with E-state index in [0.29, 0.717) is 79.2 Å². The summed E-state index contributed by atoms with van der Waals surface area (Å²) >= 11 is 0. The fourth-order valence-electron chi connectivity index (χ4n) is 4.78. The van der Waals surface area contributed by atoms with Crippen molar-refractivity contribution in [2.75, 3.05) is 26.3 Å². The maximum atomic E-state index is 13.5. The molecule has 8 nitrogen and oxygen atoms in total. The van der Waals surface area contributed by atoms with E-state index in [1.54, 1.807) is 41.3 Å².